The van der Waals surface area contributed by atoms with Gasteiger partial charge in [-0.2, -0.15) is 13.2 Å². The van der Waals surface area contributed by atoms with E-state index in [1.54, 1.807) is 0 Å². The van der Waals surface area contributed by atoms with Gasteiger partial charge in [0, 0.05) is 24.0 Å². The van der Waals surface area contributed by atoms with Crippen LogP contribution in [-0.4, -0.2) is 23.4 Å². The maximum Gasteiger partial charge on any atom is 0.417 e. The smallest absolute Gasteiger partial charge is 0.307 e. The molecule has 1 aliphatic carbocycles. The third-order valence-corrected chi connectivity index (χ3v) is 2.56. The molecular weight excluding hydrogens is 233 g/mol. The van der Waals surface area contributed by atoms with Gasteiger partial charge in [0.2, 0.25) is 0 Å². The first-order valence-electron chi connectivity index (χ1n) is 5.26. The summed E-state index contributed by atoms with van der Waals surface area (Å²) < 4.78 is 37.9. The summed E-state index contributed by atoms with van der Waals surface area (Å²) in [6.07, 6.45) is -0.555. The van der Waals surface area contributed by atoms with Gasteiger partial charge < -0.3 is 5.32 Å². The van der Waals surface area contributed by atoms with Gasteiger partial charge in [-0.15, -0.1) is 0 Å². The first-order valence-corrected chi connectivity index (χ1v) is 5.26. The van der Waals surface area contributed by atoms with Crippen LogP contribution in [0.5, 0.6) is 0 Å². The average molecular weight is 244 g/mol. The second-order valence-corrected chi connectivity index (χ2v) is 4.00. The highest BCUT2D eigenvalue weighted by Crippen LogP contribution is 2.31. The summed E-state index contributed by atoms with van der Waals surface area (Å²) in [6, 6.07) is 1.11. The Balaban J connectivity index is 2.15. The molecule has 0 bridgehead atoms. The van der Waals surface area contributed by atoms with Gasteiger partial charge in [0.1, 0.15) is 0 Å². The quantitative estimate of drug-likeness (QED) is 0.824. The molecule has 1 aromatic rings. The van der Waals surface area contributed by atoms with Crippen LogP contribution in [-0.2, 0) is 6.18 Å². The Labute approximate surface area is 96.0 Å². The Morgan fingerprint density at radius 3 is 2.76 bits per heavy atom. The number of rotatable bonds is 4. The van der Waals surface area contributed by atoms with Gasteiger partial charge in [0.05, 0.1) is 12.1 Å². The molecule has 0 aromatic carbocycles. The van der Waals surface area contributed by atoms with Gasteiger partial charge in [-0.25, -0.2) is 0 Å². The maximum atomic E-state index is 12.6. The lowest BCUT2D eigenvalue weighted by molar-refractivity contribution is -0.138. The highest BCUT2D eigenvalue weighted by atomic mass is 19.4. The van der Waals surface area contributed by atoms with Gasteiger partial charge in [-0.3, -0.25) is 9.78 Å². The fourth-order valence-corrected chi connectivity index (χ4v) is 1.48. The highest BCUT2D eigenvalue weighted by molar-refractivity contribution is 5.98. The largest absolute Gasteiger partial charge is 0.417 e. The summed E-state index contributed by atoms with van der Waals surface area (Å²) in [4.78, 5) is 15.2. The van der Waals surface area contributed by atoms with Crippen LogP contribution >= 0.6 is 0 Å². The number of aromatic nitrogens is 1. The van der Waals surface area contributed by atoms with Gasteiger partial charge in [-0.05, 0) is 18.9 Å². The number of Topliss-reactive ketones (excluding diaryl/α,β-unsaturated/α-hetero) is 1. The van der Waals surface area contributed by atoms with Crippen LogP contribution in [0.3, 0.4) is 0 Å². The number of carbonyl (C=O) groups is 1. The number of nitrogens with zero attached hydrogens (tertiary/aromatic N) is 1. The number of hydrogen-bond donors (Lipinski definition) is 1. The van der Waals surface area contributed by atoms with Gasteiger partial charge in [0.25, 0.3) is 0 Å². The summed E-state index contributed by atoms with van der Waals surface area (Å²) in [5.74, 6) is -0.572. The van der Waals surface area contributed by atoms with Crippen LogP contribution in [0.4, 0.5) is 13.2 Å². The first kappa shape index (κ1) is 12.0. The van der Waals surface area contributed by atoms with Crippen molar-refractivity contribution >= 4 is 5.78 Å². The number of nitrogens with one attached hydrogen (secondary N) is 1. The van der Waals surface area contributed by atoms with Gasteiger partial charge in [-0.1, -0.05) is 0 Å². The van der Waals surface area contributed by atoms with Gasteiger partial charge >= 0.3 is 6.18 Å². The molecule has 2 rings (SSSR count). The van der Waals surface area contributed by atoms with E-state index in [9.17, 15) is 18.0 Å². The van der Waals surface area contributed by atoms with Crippen molar-refractivity contribution in [1.29, 1.82) is 0 Å². The number of halogens is 3. The van der Waals surface area contributed by atoms with E-state index >= 15 is 0 Å². The Hall–Kier alpha value is -1.43. The molecule has 1 fully saturated rings. The van der Waals surface area contributed by atoms with Crippen molar-refractivity contribution < 1.29 is 18.0 Å². The van der Waals surface area contributed by atoms with E-state index in [-0.39, 0.29) is 18.2 Å². The molecule has 0 atom stereocenters. The monoisotopic (exact) mass is 244 g/mol. The van der Waals surface area contributed by atoms with E-state index in [0.29, 0.717) is 0 Å². The molecule has 92 valence electrons. The van der Waals surface area contributed by atoms with Crippen molar-refractivity contribution in [2.75, 3.05) is 6.54 Å². The molecule has 0 unspecified atom stereocenters. The van der Waals surface area contributed by atoms with Crippen molar-refractivity contribution in [3.8, 4) is 0 Å². The number of pyridine rings is 1. The number of ketones is 1. The molecule has 0 aliphatic heterocycles. The van der Waals surface area contributed by atoms with Crippen LogP contribution in [0.15, 0.2) is 18.5 Å². The predicted molar refractivity (Wildman–Crippen MR) is 54.6 cm³/mol. The summed E-state index contributed by atoms with van der Waals surface area (Å²) >= 11 is 0. The first-order chi connectivity index (χ1) is 7.98. The minimum atomic E-state index is -4.52. The van der Waals surface area contributed by atoms with Crippen LogP contribution in [0.1, 0.15) is 28.8 Å². The Morgan fingerprint density at radius 1 is 1.47 bits per heavy atom. The number of alkyl halides is 3. The fraction of sp³-hybridized carbons (Fsp3) is 0.455. The lowest BCUT2D eigenvalue weighted by Crippen LogP contribution is -2.26. The molecule has 1 heterocycles. The molecule has 0 saturated heterocycles. The normalized spacial score (nSPS) is 15.9. The fourth-order valence-electron chi connectivity index (χ4n) is 1.48. The second kappa shape index (κ2) is 4.44. The number of hydrogen-bond acceptors (Lipinski definition) is 3. The Morgan fingerprint density at radius 2 is 2.18 bits per heavy atom. The van der Waals surface area contributed by atoms with E-state index in [2.05, 4.69) is 10.3 Å². The lowest BCUT2D eigenvalue weighted by atomic mass is 10.1. The second-order valence-electron chi connectivity index (χ2n) is 4.00. The van der Waals surface area contributed by atoms with E-state index in [4.69, 9.17) is 0 Å². The molecule has 0 spiro atoms. The zero-order valence-corrected chi connectivity index (χ0v) is 8.92. The molecule has 17 heavy (non-hydrogen) atoms. The maximum absolute atomic E-state index is 12.6. The zero-order valence-electron chi connectivity index (χ0n) is 8.92. The van der Waals surface area contributed by atoms with E-state index in [1.807, 2.05) is 0 Å². The van der Waals surface area contributed by atoms with Crippen LogP contribution in [0.25, 0.3) is 0 Å². The van der Waals surface area contributed by atoms with Crippen molar-refractivity contribution in [2.24, 2.45) is 0 Å². The Bertz CT molecular complexity index is 427. The summed E-state index contributed by atoms with van der Waals surface area (Å²) in [6.45, 7) is -0.0700. The van der Waals surface area contributed by atoms with Crippen molar-refractivity contribution in [3.05, 3.63) is 29.6 Å². The van der Waals surface area contributed by atoms with Crippen molar-refractivity contribution in [1.82, 2.24) is 10.3 Å². The van der Waals surface area contributed by atoms with E-state index in [0.717, 1.165) is 31.3 Å². The summed E-state index contributed by atoms with van der Waals surface area (Å²) in [5.41, 5.74) is -1.29. The third-order valence-electron chi connectivity index (χ3n) is 2.56. The van der Waals surface area contributed by atoms with Crippen LogP contribution in [0, 0.1) is 0 Å². The third kappa shape index (κ3) is 3.03. The van der Waals surface area contributed by atoms with Gasteiger partial charge in [0.15, 0.2) is 5.78 Å². The van der Waals surface area contributed by atoms with E-state index in [1.165, 1.54) is 0 Å². The molecular formula is C11H11F3N2O. The average Bonchev–Trinajstić information content (AvgIpc) is 3.08. The predicted octanol–water partition coefficient (Wildman–Crippen LogP) is 2.04. The summed E-state index contributed by atoms with van der Waals surface area (Å²) in [5, 5.41) is 2.89. The lowest BCUT2D eigenvalue weighted by Gasteiger charge is -2.11. The molecule has 0 amide bonds. The highest BCUT2D eigenvalue weighted by Gasteiger charge is 2.35. The van der Waals surface area contributed by atoms with Crippen molar-refractivity contribution in [2.45, 2.75) is 25.1 Å². The molecule has 0 radical (unpaired) electrons. The minimum Gasteiger partial charge on any atom is -0.307 e. The molecule has 6 heteroatoms. The molecule has 1 saturated carbocycles. The molecule has 1 aromatic heterocycles. The zero-order chi connectivity index (χ0) is 12.5. The Kier molecular flexibility index (Phi) is 3.15. The minimum absolute atomic E-state index is 0.0700. The molecule has 1 aliphatic rings. The van der Waals surface area contributed by atoms with Crippen LogP contribution < -0.4 is 5.32 Å². The van der Waals surface area contributed by atoms with Crippen LogP contribution in [0.2, 0.25) is 0 Å². The molecule has 3 nitrogen and oxygen atoms in total. The topological polar surface area (TPSA) is 42.0 Å². The standard InChI is InChI=1S/C11H11F3N2O/c12-11(13,14)9-3-4-15-5-8(9)10(17)6-16-7-1-2-7/h3-5,7,16H,1-2,6H2. The molecule has 1 N–H and O–H groups in total. The SMILES string of the molecule is O=C(CNC1CC1)c1cnccc1C(F)(F)F. The van der Waals surface area contributed by atoms with Crippen molar-refractivity contribution in [3.63, 3.8) is 0 Å². The van der Waals surface area contributed by atoms with E-state index < -0.39 is 17.5 Å². The number of carbonyl (C=O) groups excluding carboxylic acids is 1. The summed E-state index contributed by atoms with van der Waals surface area (Å²) in [7, 11) is 0.